The normalized spacial score (nSPS) is 13.2. The van der Waals surface area contributed by atoms with E-state index in [2.05, 4.69) is 50.8 Å². The molecule has 0 amide bonds. The Balaban J connectivity index is 1.73. The molecule has 0 saturated heterocycles. The van der Waals surface area contributed by atoms with Gasteiger partial charge in [-0.3, -0.25) is 0 Å². The maximum Gasteiger partial charge on any atom is 0.158 e. The van der Waals surface area contributed by atoms with Gasteiger partial charge >= 0.3 is 0 Å². The number of pyridine rings is 1. The van der Waals surface area contributed by atoms with Crippen LogP contribution in [0.25, 0.3) is 11.3 Å². The van der Waals surface area contributed by atoms with Gasteiger partial charge in [0.1, 0.15) is 18.0 Å². The first kappa shape index (κ1) is 18.4. The van der Waals surface area contributed by atoms with Crippen molar-refractivity contribution < 1.29 is 0 Å². The summed E-state index contributed by atoms with van der Waals surface area (Å²) in [4.78, 5) is 17.4. The van der Waals surface area contributed by atoms with E-state index in [0.717, 1.165) is 42.3 Å². The Kier molecular flexibility index (Phi) is 5.08. The van der Waals surface area contributed by atoms with Crippen molar-refractivity contribution in [3.8, 4) is 17.3 Å². The van der Waals surface area contributed by atoms with Crippen LogP contribution in [-0.2, 0) is 0 Å². The Bertz CT molecular complexity index is 1070. The van der Waals surface area contributed by atoms with E-state index in [1.807, 2.05) is 24.3 Å². The lowest BCUT2D eigenvalue weighted by atomic mass is 10.1. The average molecular weight is 383 g/mol. The Labute approximate surface area is 170 Å². The summed E-state index contributed by atoms with van der Waals surface area (Å²) < 4.78 is 0. The van der Waals surface area contributed by atoms with Gasteiger partial charge in [-0.05, 0) is 36.8 Å². The van der Waals surface area contributed by atoms with Crippen LogP contribution in [0.3, 0.4) is 0 Å². The highest BCUT2D eigenvalue weighted by atomic mass is 15.3. The number of nitriles is 1. The highest BCUT2D eigenvalue weighted by Gasteiger charge is 2.23. The summed E-state index contributed by atoms with van der Waals surface area (Å²) in [5.74, 6) is 2.22. The van der Waals surface area contributed by atoms with Crippen LogP contribution in [-0.4, -0.2) is 35.1 Å². The number of nitrogens with one attached hydrogen (secondary N) is 1. The molecule has 1 aliphatic heterocycles. The quantitative estimate of drug-likeness (QED) is 0.736. The molecular formula is C22H21N7. The van der Waals surface area contributed by atoms with Gasteiger partial charge in [0.05, 0.1) is 23.0 Å². The van der Waals surface area contributed by atoms with E-state index < -0.39 is 0 Å². The summed E-state index contributed by atoms with van der Waals surface area (Å²) >= 11 is 0. The molecule has 1 aliphatic rings. The first-order valence-corrected chi connectivity index (χ1v) is 9.38. The molecule has 0 spiro atoms. The molecule has 3 heterocycles. The summed E-state index contributed by atoms with van der Waals surface area (Å²) in [5, 5.41) is 12.5. The largest absolute Gasteiger partial charge is 0.372 e. The number of benzene rings is 1. The van der Waals surface area contributed by atoms with Crippen molar-refractivity contribution in [3.05, 3.63) is 73.0 Å². The van der Waals surface area contributed by atoms with Gasteiger partial charge in [-0.25, -0.2) is 15.0 Å². The molecule has 2 aromatic heterocycles. The van der Waals surface area contributed by atoms with E-state index in [1.54, 1.807) is 18.3 Å². The van der Waals surface area contributed by atoms with Crippen molar-refractivity contribution in [2.75, 3.05) is 35.3 Å². The van der Waals surface area contributed by atoms with Crippen LogP contribution >= 0.6 is 0 Å². The number of hydrogen-bond donors (Lipinski definition) is 1. The van der Waals surface area contributed by atoms with Crippen LogP contribution in [0.5, 0.6) is 0 Å². The molecule has 0 unspecified atom stereocenters. The molecule has 1 N–H and O–H groups in total. The summed E-state index contributed by atoms with van der Waals surface area (Å²) in [6.45, 7) is 5.93. The van der Waals surface area contributed by atoms with Crippen molar-refractivity contribution in [1.82, 2.24) is 15.0 Å². The number of anilines is 3. The van der Waals surface area contributed by atoms with E-state index in [9.17, 15) is 5.26 Å². The summed E-state index contributed by atoms with van der Waals surface area (Å²) in [6.07, 6.45) is 4.15. The third-order valence-corrected chi connectivity index (χ3v) is 4.86. The molecule has 0 fully saturated rings. The lowest BCUT2D eigenvalue weighted by Crippen LogP contribution is -2.28. The van der Waals surface area contributed by atoms with Gasteiger partial charge in [-0.1, -0.05) is 18.7 Å². The van der Waals surface area contributed by atoms with Gasteiger partial charge in [-0.15, -0.1) is 0 Å². The van der Waals surface area contributed by atoms with Crippen molar-refractivity contribution in [1.29, 1.82) is 5.26 Å². The van der Waals surface area contributed by atoms with E-state index in [-0.39, 0.29) is 0 Å². The molecule has 29 heavy (non-hydrogen) atoms. The van der Waals surface area contributed by atoms with E-state index in [1.165, 1.54) is 6.33 Å². The average Bonchev–Trinajstić information content (AvgIpc) is 2.93. The Hall–Kier alpha value is -3.92. The number of rotatable bonds is 4. The van der Waals surface area contributed by atoms with E-state index >= 15 is 0 Å². The molecular weight excluding hydrogens is 362 g/mol. The highest BCUT2D eigenvalue weighted by Crippen LogP contribution is 2.34. The second-order valence-corrected chi connectivity index (χ2v) is 6.82. The minimum Gasteiger partial charge on any atom is -0.372 e. The standard InChI is InChI=1S/C22H21N7/c1-16(26-21-9-10-24-15-25-21)29-12-4-11-28(2)20-8-7-19(27-22(20)29)18-6-3-5-17(13-18)14-23/h3,5-10,13,15H,1,4,11-12H2,2H3,(H,24,25,26). The van der Waals surface area contributed by atoms with Crippen LogP contribution in [0, 0.1) is 11.3 Å². The summed E-state index contributed by atoms with van der Waals surface area (Å²) in [6, 6.07) is 15.5. The number of nitrogens with zero attached hydrogens (tertiary/aromatic N) is 6. The van der Waals surface area contributed by atoms with Crippen molar-refractivity contribution in [2.45, 2.75) is 6.42 Å². The molecule has 7 heteroatoms. The SMILES string of the molecule is C=C(Nc1ccncn1)N1CCCN(C)c2ccc(-c3cccc(C#N)c3)nc21. The zero-order chi connectivity index (χ0) is 20.2. The predicted molar refractivity (Wildman–Crippen MR) is 114 cm³/mol. The molecule has 7 nitrogen and oxygen atoms in total. The second-order valence-electron chi connectivity index (χ2n) is 6.82. The lowest BCUT2D eigenvalue weighted by molar-refractivity contribution is 0.789. The van der Waals surface area contributed by atoms with Crippen LogP contribution < -0.4 is 15.1 Å². The molecule has 0 atom stereocenters. The molecule has 4 rings (SSSR count). The monoisotopic (exact) mass is 383 g/mol. The number of fused-ring (bicyclic) bond motifs is 1. The van der Waals surface area contributed by atoms with Crippen LogP contribution in [0.1, 0.15) is 12.0 Å². The molecule has 144 valence electrons. The second kappa shape index (κ2) is 7.98. The van der Waals surface area contributed by atoms with Crippen molar-refractivity contribution in [2.24, 2.45) is 0 Å². The van der Waals surface area contributed by atoms with E-state index in [0.29, 0.717) is 17.2 Å². The maximum atomic E-state index is 9.21. The van der Waals surface area contributed by atoms with Crippen molar-refractivity contribution in [3.63, 3.8) is 0 Å². The maximum absolute atomic E-state index is 9.21. The Morgan fingerprint density at radius 2 is 2.10 bits per heavy atom. The lowest BCUT2D eigenvalue weighted by Gasteiger charge is -2.27. The molecule has 0 saturated carbocycles. The molecule has 1 aromatic carbocycles. The van der Waals surface area contributed by atoms with Crippen LogP contribution in [0.4, 0.5) is 17.3 Å². The molecule has 3 aromatic rings. The third-order valence-electron chi connectivity index (χ3n) is 4.86. The van der Waals surface area contributed by atoms with Gasteiger partial charge in [0, 0.05) is 31.9 Å². The fourth-order valence-corrected chi connectivity index (χ4v) is 3.38. The molecule has 0 aliphatic carbocycles. The minimum atomic E-state index is 0.614. The van der Waals surface area contributed by atoms with Crippen molar-refractivity contribution >= 4 is 17.3 Å². The third kappa shape index (κ3) is 3.87. The summed E-state index contributed by atoms with van der Waals surface area (Å²) in [7, 11) is 2.07. The first-order chi connectivity index (χ1) is 14.2. The number of aromatic nitrogens is 3. The zero-order valence-corrected chi connectivity index (χ0v) is 16.2. The van der Waals surface area contributed by atoms with Gasteiger partial charge < -0.3 is 15.1 Å². The molecule has 0 bridgehead atoms. The van der Waals surface area contributed by atoms with Crippen LogP contribution in [0.15, 0.2) is 67.4 Å². The van der Waals surface area contributed by atoms with Gasteiger partial charge in [-0.2, -0.15) is 5.26 Å². The first-order valence-electron chi connectivity index (χ1n) is 9.38. The Morgan fingerprint density at radius 1 is 1.21 bits per heavy atom. The van der Waals surface area contributed by atoms with E-state index in [4.69, 9.17) is 4.98 Å². The smallest absolute Gasteiger partial charge is 0.158 e. The highest BCUT2D eigenvalue weighted by molar-refractivity contribution is 5.75. The molecule has 0 radical (unpaired) electrons. The van der Waals surface area contributed by atoms with Gasteiger partial charge in [0.2, 0.25) is 0 Å². The number of hydrogen-bond acceptors (Lipinski definition) is 7. The Morgan fingerprint density at radius 3 is 2.90 bits per heavy atom. The predicted octanol–water partition coefficient (Wildman–Crippen LogP) is 3.64. The van der Waals surface area contributed by atoms with Crippen LogP contribution in [0.2, 0.25) is 0 Å². The van der Waals surface area contributed by atoms with Gasteiger partial charge in [0.15, 0.2) is 5.82 Å². The minimum absolute atomic E-state index is 0.614. The fraction of sp³-hybridized carbons (Fsp3) is 0.182. The zero-order valence-electron chi connectivity index (χ0n) is 16.2. The summed E-state index contributed by atoms with van der Waals surface area (Å²) in [5.41, 5.74) is 3.38. The van der Waals surface area contributed by atoms with Gasteiger partial charge in [0.25, 0.3) is 0 Å². The fourth-order valence-electron chi connectivity index (χ4n) is 3.38. The topological polar surface area (TPSA) is 81.0 Å².